The first-order chi connectivity index (χ1) is 9.94. The first-order valence-corrected chi connectivity index (χ1v) is 7.96. The summed E-state index contributed by atoms with van der Waals surface area (Å²) in [5.74, 6) is 0.942. The Balaban J connectivity index is 2.06. The van der Waals surface area contributed by atoms with Gasteiger partial charge < -0.3 is 15.2 Å². The Morgan fingerprint density at radius 1 is 1.33 bits per heavy atom. The highest BCUT2D eigenvalue weighted by Crippen LogP contribution is 2.28. The van der Waals surface area contributed by atoms with Crippen LogP contribution in [-0.4, -0.2) is 30.9 Å². The van der Waals surface area contributed by atoms with Gasteiger partial charge in [0.15, 0.2) is 0 Å². The van der Waals surface area contributed by atoms with Gasteiger partial charge in [0, 0.05) is 18.7 Å². The van der Waals surface area contributed by atoms with Crippen molar-refractivity contribution < 1.29 is 9.84 Å². The maximum Gasteiger partial charge on any atom is 0.119 e. The smallest absolute Gasteiger partial charge is 0.119 e. The van der Waals surface area contributed by atoms with Crippen LogP contribution in [-0.2, 0) is 12.8 Å². The number of fused-ring (bicyclic) bond motifs is 1. The molecular formula is C18H29NO2. The number of ether oxygens (including phenoxy) is 1. The molecule has 2 N–H and O–H groups in total. The van der Waals surface area contributed by atoms with Crippen molar-refractivity contribution in [3.8, 4) is 5.75 Å². The highest BCUT2D eigenvalue weighted by molar-refractivity contribution is 5.37. The van der Waals surface area contributed by atoms with Crippen molar-refractivity contribution in [2.75, 3.05) is 13.7 Å². The van der Waals surface area contributed by atoms with Crippen molar-refractivity contribution >= 4 is 0 Å². The molecule has 0 amide bonds. The lowest BCUT2D eigenvalue weighted by Crippen LogP contribution is -2.48. The van der Waals surface area contributed by atoms with Gasteiger partial charge in [0.25, 0.3) is 0 Å². The van der Waals surface area contributed by atoms with Gasteiger partial charge in [0.2, 0.25) is 0 Å². The molecule has 0 spiro atoms. The van der Waals surface area contributed by atoms with Crippen LogP contribution in [0.4, 0.5) is 0 Å². The van der Waals surface area contributed by atoms with Crippen LogP contribution in [0.25, 0.3) is 0 Å². The molecule has 0 fully saturated rings. The van der Waals surface area contributed by atoms with Gasteiger partial charge in [-0.15, -0.1) is 0 Å². The van der Waals surface area contributed by atoms with Gasteiger partial charge in [-0.05, 0) is 54.4 Å². The van der Waals surface area contributed by atoms with E-state index in [1.165, 1.54) is 11.1 Å². The summed E-state index contributed by atoms with van der Waals surface area (Å²) in [6.07, 6.45) is 4.14. The van der Waals surface area contributed by atoms with Gasteiger partial charge >= 0.3 is 0 Å². The van der Waals surface area contributed by atoms with E-state index in [1.807, 2.05) is 0 Å². The van der Waals surface area contributed by atoms with Gasteiger partial charge in [-0.25, -0.2) is 0 Å². The molecular weight excluding hydrogens is 262 g/mol. The number of aryl methyl sites for hydroxylation is 1. The highest BCUT2D eigenvalue weighted by Gasteiger charge is 2.28. The number of benzene rings is 1. The van der Waals surface area contributed by atoms with Crippen LogP contribution in [0.1, 0.15) is 44.7 Å². The summed E-state index contributed by atoms with van der Waals surface area (Å²) >= 11 is 0. The summed E-state index contributed by atoms with van der Waals surface area (Å²) in [5, 5.41) is 13.1. The number of methoxy groups -OCH3 is 1. The maximum atomic E-state index is 9.30. The second kappa shape index (κ2) is 6.80. The number of rotatable bonds is 5. The molecule has 3 heteroatoms. The summed E-state index contributed by atoms with van der Waals surface area (Å²) in [4.78, 5) is 0. The Morgan fingerprint density at radius 2 is 2.10 bits per heavy atom. The molecule has 3 nitrogen and oxygen atoms in total. The molecule has 1 aliphatic rings. The van der Waals surface area contributed by atoms with Gasteiger partial charge in [0.05, 0.1) is 7.11 Å². The summed E-state index contributed by atoms with van der Waals surface area (Å²) < 4.78 is 5.34. The zero-order valence-electron chi connectivity index (χ0n) is 13.8. The molecule has 0 heterocycles. The van der Waals surface area contributed by atoms with Crippen LogP contribution in [0.3, 0.4) is 0 Å². The van der Waals surface area contributed by atoms with Gasteiger partial charge in [0.1, 0.15) is 5.75 Å². The second-order valence-corrected chi connectivity index (χ2v) is 7.17. The van der Waals surface area contributed by atoms with Crippen LogP contribution in [0.2, 0.25) is 0 Å². The van der Waals surface area contributed by atoms with Crippen LogP contribution < -0.4 is 10.1 Å². The molecule has 0 aliphatic heterocycles. The van der Waals surface area contributed by atoms with Crippen molar-refractivity contribution in [3.63, 3.8) is 0 Å². The molecule has 0 saturated heterocycles. The first-order valence-electron chi connectivity index (χ1n) is 7.96. The molecule has 0 bridgehead atoms. The third-order valence-corrected chi connectivity index (χ3v) is 4.54. The molecule has 0 saturated carbocycles. The Kier molecular flexibility index (Phi) is 5.28. The van der Waals surface area contributed by atoms with E-state index in [4.69, 9.17) is 4.74 Å². The van der Waals surface area contributed by atoms with Crippen molar-refractivity contribution in [2.45, 2.75) is 58.5 Å². The summed E-state index contributed by atoms with van der Waals surface area (Å²) in [6.45, 7) is 6.95. The van der Waals surface area contributed by atoms with E-state index in [-0.39, 0.29) is 12.0 Å². The molecule has 2 rings (SSSR count). The fraction of sp³-hybridized carbons (Fsp3) is 0.667. The number of hydrogen-bond donors (Lipinski definition) is 2. The second-order valence-electron chi connectivity index (χ2n) is 7.17. The zero-order valence-corrected chi connectivity index (χ0v) is 13.8. The SMILES string of the molecule is COc1ccc2c(c1)CC(NC(CCO)C(C)(C)C)CC2. The van der Waals surface area contributed by atoms with Crippen molar-refractivity contribution in [2.24, 2.45) is 5.41 Å². The first kappa shape index (κ1) is 16.3. The molecule has 0 aromatic heterocycles. The predicted octanol–water partition coefficient (Wildman–Crippen LogP) is 2.94. The number of hydrogen-bond acceptors (Lipinski definition) is 3. The van der Waals surface area contributed by atoms with Crippen LogP contribution in [0.15, 0.2) is 18.2 Å². The largest absolute Gasteiger partial charge is 0.497 e. The monoisotopic (exact) mass is 291 g/mol. The maximum absolute atomic E-state index is 9.30. The number of aliphatic hydroxyl groups excluding tert-OH is 1. The third kappa shape index (κ3) is 4.21. The molecule has 1 aliphatic carbocycles. The van der Waals surface area contributed by atoms with Crippen molar-refractivity contribution in [1.82, 2.24) is 5.32 Å². The summed E-state index contributed by atoms with van der Waals surface area (Å²) in [7, 11) is 1.72. The minimum Gasteiger partial charge on any atom is -0.497 e. The van der Waals surface area contributed by atoms with E-state index in [9.17, 15) is 5.11 Å². The standard InChI is InChI=1S/C18H29NO2/c1-18(2,3)17(9-10-20)19-15-7-5-13-6-8-16(21-4)12-14(13)11-15/h6,8,12,15,17,19-20H,5,7,9-11H2,1-4H3. The van der Waals surface area contributed by atoms with E-state index in [2.05, 4.69) is 44.3 Å². The van der Waals surface area contributed by atoms with E-state index in [1.54, 1.807) is 7.11 Å². The highest BCUT2D eigenvalue weighted by atomic mass is 16.5. The van der Waals surface area contributed by atoms with Crippen LogP contribution >= 0.6 is 0 Å². The average molecular weight is 291 g/mol. The quantitative estimate of drug-likeness (QED) is 0.876. The molecule has 2 unspecified atom stereocenters. The van der Waals surface area contributed by atoms with E-state index < -0.39 is 0 Å². The molecule has 1 aromatic carbocycles. The van der Waals surface area contributed by atoms with E-state index >= 15 is 0 Å². The lowest BCUT2D eigenvalue weighted by Gasteiger charge is -2.36. The lowest BCUT2D eigenvalue weighted by molar-refractivity contribution is 0.181. The molecule has 1 aromatic rings. The zero-order chi connectivity index (χ0) is 15.5. The number of aliphatic hydroxyl groups is 1. The Hall–Kier alpha value is -1.06. The van der Waals surface area contributed by atoms with Gasteiger partial charge in [-0.3, -0.25) is 0 Å². The number of nitrogens with one attached hydrogen (secondary N) is 1. The normalized spacial score (nSPS) is 20.0. The Morgan fingerprint density at radius 3 is 2.71 bits per heavy atom. The van der Waals surface area contributed by atoms with Crippen molar-refractivity contribution in [1.29, 1.82) is 0 Å². The molecule has 0 radical (unpaired) electrons. The predicted molar refractivity (Wildman–Crippen MR) is 86.9 cm³/mol. The lowest BCUT2D eigenvalue weighted by atomic mass is 9.82. The van der Waals surface area contributed by atoms with E-state index in [0.29, 0.717) is 12.1 Å². The molecule has 2 atom stereocenters. The van der Waals surface area contributed by atoms with Crippen LogP contribution in [0, 0.1) is 5.41 Å². The van der Waals surface area contributed by atoms with Gasteiger partial charge in [-0.1, -0.05) is 26.8 Å². The topological polar surface area (TPSA) is 41.5 Å². The average Bonchev–Trinajstić information content (AvgIpc) is 2.45. The van der Waals surface area contributed by atoms with Gasteiger partial charge in [-0.2, -0.15) is 0 Å². The third-order valence-electron chi connectivity index (χ3n) is 4.54. The summed E-state index contributed by atoms with van der Waals surface area (Å²) in [6, 6.07) is 7.25. The minimum absolute atomic E-state index is 0.164. The minimum atomic E-state index is 0.164. The fourth-order valence-corrected chi connectivity index (χ4v) is 3.18. The Labute approximate surface area is 128 Å². The van der Waals surface area contributed by atoms with Crippen LogP contribution in [0.5, 0.6) is 5.75 Å². The summed E-state index contributed by atoms with van der Waals surface area (Å²) in [5.41, 5.74) is 3.01. The molecule has 21 heavy (non-hydrogen) atoms. The van der Waals surface area contributed by atoms with Crippen molar-refractivity contribution in [3.05, 3.63) is 29.3 Å². The Bertz CT molecular complexity index is 465. The fourth-order valence-electron chi connectivity index (χ4n) is 3.18. The molecule has 118 valence electrons. The van der Waals surface area contributed by atoms with E-state index in [0.717, 1.165) is 31.4 Å².